The molecule has 1 N–H and O–H groups in total. The van der Waals surface area contributed by atoms with Crippen molar-refractivity contribution in [1.29, 1.82) is 0 Å². The number of hydrogen-bond donors (Lipinski definition) is 1. The highest BCUT2D eigenvalue weighted by Gasteiger charge is 2.08. The number of carbonyl (C=O) groups is 1. The molecule has 2 aromatic carbocycles. The van der Waals surface area contributed by atoms with E-state index in [9.17, 15) is 14.0 Å². The first-order valence-corrected chi connectivity index (χ1v) is 7.81. The van der Waals surface area contributed by atoms with E-state index in [0.29, 0.717) is 22.7 Å². The number of nitrogens with zero attached hydrogens (tertiary/aromatic N) is 2. The Labute approximate surface area is 148 Å². The number of carbonyl (C=O) groups excluding carboxylic acids is 1. The zero-order valence-corrected chi connectivity index (χ0v) is 14.0. The number of benzene rings is 2. The standard InChI is InChI=1S/C19H16FN3O3/c1-26-16-8-6-15(7-9-16)22-18(24)11-23-12-21-17(10-19(23)25)13-2-4-14(20)5-3-13/h2-10,12H,11H2,1H3,(H,22,24). The summed E-state index contributed by atoms with van der Waals surface area (Å²) >= 11 is 0. The molecule has 1 amide bonds. The van der Waals surface area contributed by atoms with Crippen LogP contribution >= 0.6 is 0 Å². The molecule has 0 saturated carbocycles. The lowest BCUT2D eigenvalue weighted by Crippen LogP contribution is -2.27. The minimum absolute atomic E-state index is 0.165. The van der Waals surface area contributed by atoms with Gasteiger partial charge in [0.25, 0.3) is 5.56 Å². The minimum atomic E-state index is -0.371. The topological polar surface area (TPSA) is 73.2 Å². The molecule has 26 heavy (non-hydrogen) atoms. The molecule has 6 nitrogen and oxygen atoms in total. The number of amides is 1. The lowest BCUT2D eigenvalue weighted by Gasteiger charge is -2.08. The Bertz CT molecular complexity index is 967. The fourth-order valence-corrected chi connectivity index (χ4v) is 2.35. The second-order valence-corrected chi connectivity index (χ2v) is 5.52. The van der Waals surface area contributed by atoms with Gasteiger partial charge in [-0.1, -0.05) is 0 Å². The molecule has 0 atom stereocenters. The highest BCUT2D eigenvalue weighted by Crippen LogP contribution is 2.16. The van der Waals surface area contributed by atoms with Gasteiger partial charge >= 0.3 is 0 Å². The number of nitrogens with one attached hydrogen (secondary N) is 1. The van der Waals surface area contributed by atoms with Gasteiger partial charge in [-0.3, -0.25) is 14.2 Å². The zero-order valence-electron chi connectivity index (χ0n) is 14.0. The summed E-state index contributed by atoms with van der Waals surface area (Å²) in [4.78, 5) is 28.5. The van der Waals surface area contributed by atoms with Gasteiger partial charge in [0.2, 0.25) is 5.91 Å². The third-order valence-corrected chi connectivity index (χ3v) is 3.71. The summed E-state index contributed by atoms with van der Waals surface area (Å²) in [6, 6.07) is 13.8. The van der Waals surface area contributed by atoms with Crippen LogP contribution in [0.5, 0.6) is 5.75 Å². The van der Waals surface area contributed by atoms with Crippen LogP contribution in [0, 0.1) is 5.82 Å². The molecule has 0 bridgehead atoms. The van der Waals surface area contributed by atoms with Gasteiger partial charge in [-0.2, -0.15) is 0 Å². The van der Waals surface area contributed by atoms with Crippen LogP contribution < -0.4 is 15.6 Å². The Balaban J connectivity index is 1.70. The molecule has 0 saturated heterocycles. The van der Waals surface area contributed by atoms with Gasteiger partial charge in [-0.15, -0.1) is 0 Å². The van der Waals surface area contributed by atoms with Gasteiger partial charge < -0.3 is 10.1 Å². The molecule has 7 heteroatoms. The maximum atomic E-state index is 13.0. The van der Waals surface area contributed by atoms with E-state index in [1.165, 1.54) is 41.2 Å². The lowest BCUT2D eigenvalue weighted by atomic mass is 10.1. The highest BCUT2D eigenvalue weighted by atomic mass is 19.1. The number of aromatic nitrogens is 2. The van der Waals surface area contributed by atoms with Crippen molar-refractivity contribution in [3.63, 3.8) is 0 Å². The average Bonchev–Trinajstić information content (AvgIpc) is 2.64. The van der Waals surface area contributed by atoms with Crippen molar-refractivity contribution in [2.24, 2.45) is 0 Å². The molecule has 0 unspecified atom stereocenters. The van der Waals surface area contributed by atoms with E-state index in [1.54, 1.807) is 31.4 Å². The largest absolute Gasteiger partial charge is 0.497 e. The van der Waals surface area contributed by atoms with Crippen LogP contribution in [0.3, 0.4) is 0 Å². The quantitative estimate of drug-likeness (QED) is 0.765. The molecule has 0 aliphatic carbocycles. The van der Waals surface area contributed by atoms with Gasteiger partial charge in [0.05, 0.1) is 19.1 Å². The van der Waals surface area contributed by atoms with Crippen LogP contribution in [0.4, 0.5) is 10.1 Å². The third-order valence-electron chi connectivity index (χ3n) is 3.71. The smallest absolute Gasteiger partial charge is 0.254 e. The summed E-state index contributed by atoms with van der Waals surface area (Å²) in [5, 5.41) is 2.70. The van der Waals surface area contributed by atoms with E-state index in [2.05, 4.69) is 10.3 Å². The molecule has 0 aliphatic rings. The van der Waals surface area contributed by atoms with E-state index in [4.69, 9.17) is 4.74 Å². The van der Waals surface area contributed by atoms with Crippen molar-refractivity contribution in [3.05, 3.63) is 77.1 Å². The average molecular weight is 353 g/mol. The van der Waals surface area contributed by atoms with Gasteiger partial charge in [-0.25, -0.2) is 9.37 Å². The third kappa shape index (κ3) is 4.13. The Hall–Kier alpha value is -3.48. The summed E-state index contributed by atoms with van der Waals surface area (Å²) in [7, 11) is 1.56. The number of halogens is 1. The van der Waals surface area contributed by atoms with Crippen molar-refractivity contribution in [1.82, 2.24) is 9.55 Å². The number of rotatable bonds is 5. The van der Waals surface area contributed by atoms with Crippen molar-refractivity contribution in [2.75, 3.05) is 12.4 Å². The summed E-state index contributed by atoms with van der Waals surface area (Å²) in [6.45, 7) is -0.165. The Morgan fingerprint density at radius 1 is 1.15 bits per heavy atom. The molecule has 3 aromatic rings. The Morgan fingerprint density at radius 3 is 2.46 bits per heavy atom. The van der Waals surface area contributed by atoms with Crippen molar-refractivity contribution < 1.29 is 13.9 Å². The fourth-order valence-electron chi connectivity index (χ4n) is 2.35. The summed E-state index contributed by atoms with van der Waals surface area (Å²) in [5.41, 5.74) is 1.27. The number of methoxy groups -OCH3 is 1. The summed E-state index contributed by atoms with van der Waals surface area (Å²) < 4.78 is 19.2. The first-order chi connectivity index (χ1) is 12.5. The summed E-state index contributed by atoms with van der Waals surface area (Å²) in [5.74, 6) is -0.0364. The highest BCUT2D eigenvalue weighted by molar-refractivity contribution is 5.90. The number of anilines is 1. The molecular formula is C19H16FN3O3. The maximum Gasteiger partial charge on any atom is 0.254 e. The van der Waals surface area contributed by atoms with E-state index >= 15 is 0 Å². The van der Waals surface area contributed by atoms with Gasteiger partial charge in [0.1, 0.15) is 18.1 Å². The fraction of sp³-hybridized carbons (Fsp3) is 0.105. The van der Waals surface area contributed by atoms with Crippen molar-refractivity contribution in [2.45, 2.75) is 6.54 Å². The van der Waals surface area contributed by atoms with Crippen molar-refractivity contribution in [3.8, 4) is 17.0 Å². The molecule has 132 valence electrons. The molecule has 1 aromatic heterocycles. The van der Waals surface area contributed by atoms with E-state index in [-0.39, 0.29) is 23.8 Å². The predicted molar refractivity (Wildman–Crippen MR) is 95.5 cm³/mol. The Morgan fingerprint density at radius 2 is 1.85 bits per heavy atom. The zero-order chi connectivity index (χ0) is 18.5. The first kappa shape index (κ1) is 17.3. The maximum absolute atomic E-state index is 13.0. The van der Waals surface area contributed by atoms with Crippen LogP contribution in [0.15, 0.2) is 65.7 Å². The molecule has 3 rings (SSSR count). The Kier molecular flexibility index (Phi) is 5.07. The molecule has 0 spiro atoms. The lowest BCUT2D eigenvalue weighted by molar-refractivity contribution is -0.116. The number of ether oxygens (including phenoxy) is 1. The molecule has 0 aliphatic heterocycles. The van der Waals surface area contributed by atoms with E-state index in [0.717, 1.165) is 0 Å². The SMILES string of the molecule is COc1ccc(NC(=O)Cn2cnc(-c3ccc(F)cc3)cc2=O)cc1. The van der Waals surface area contributed by atoms with Crippen LogP contribution in [0.25, 0.3) is 11.3 Å². The van der Waals surface area contributed by atoms with Gasteiger partial charge in [0.15, 0.2) is 0 Å². The van der Waals surface area contributed by atoms with Gasteiger partial charge in [0, 0.05) is 17.3 Å². The van der Waals surface area contributed by atoms with Crippen LogP contribution in [-0.2, 0) is 11.3 Å². The first-order valence-electron chi connectivity index (χ1n) is 7.81. The molecule has 1 heterocycles. The van der Waals surface area contributed by atoms with Crippen LogP contribution in [0.1, 0.15) is 0 Å². The number of hydrogen-bond acceptors (Lipinski definition) is 4. The second-order valence-electron chi connectivity index (χ2n) is 5.52. The van der Waals surface area contributed by atoms with E-state index in [1.807, 2.05) is 0 Å². The molecule has 0 radical (unpaired) electrons. The van der Waals surface area contributed by atoms with Gasteiger partial charge in [-0.05, 0) is 48.5 Å². The van der Waals surface area contributed by atoms with Crippen molar-refractivity contribution >= 4 is 11.6 Å². The van der Waals surface area contributed by atoms with Crippen LogP contribution in [-0.4, -0.2) is 22.6 Å². The molecule has 0 fully saturated rings. The monoisotopic (exact) mass is 353 g/mol. The summed E-state index contributed by atoms with van der Waals surface area (Å²) in [6.07, 6.45) is 1.30. The normalized spacial score (nSPS) is 10.4. The minimum Gasteiger partial charge on any atom is -0.497 e. The van der Waals surface area contributed by atoms with E-state index < -0.39 is 0 Å². The predicted octanol–water partition coefficient (Wildman–Crippen LogP) is 2.70. The molecular weight excluding hydrogens is 337 g/mol. The van der Waals surface area contributed by atoms with Crippen LogP contribution in [0.2, 0.25) is 0 Å². The second kappa shape index (κ2) is 7.60.